The van der Waals surface area contributed by atoms with Crippen LogP contribution in [-0.2, 0) is 11.3 Å². The van der Waals surface area contributed by atoms with Crippen LogP contribution in [0.2, 0.25) is 0 Å². The van der Waals surface area contributed by atoms with Gasteiger partial charge in [0.1, 0.15) is 0 Å². The topological polar surface area (TPSA) is 45.6 Å². The molecule has 2 fully saturated rings. The molecular weight excluding hydrogens is 534 g/mol. The number of thiocarbonyl (C=S) groups is 1. The molecule has 0 bridgehead atoms. The van der Waals surface area contributed by atoms with E-state index in [1.54, 1.807) is 0 Å². The molecule has 2 aliphatic heterocycles. The van der Waals surface area contributed by atoms with Gasteiger partial charge in [-0.15, -0.1) is 0 Å². The molecule has 0 amide bonds. The molecule has 2 aromatic heterocycles. The Morgan fingerprint density at radius 1 is 1.08 bits per heavy atom. The van der Waals surface area contributed by atoms with Crippen LogP contribution in [0.4, 0.5) is 5.69 Å². The maximum Gasteiger partial charge on any atom is 0.174 e. The summed E-state index contributed by atoms with van der Waals surface area (Å²) in [6.07, 6.45) is 2.98. The molecule has 2 atom stereocenters. The van der Waals surface area contributed by atoms with Crippen LogP contribution in [0, 0.1) is 20.8 Å². The highest BCUT2D eigenvalue weighted by molar-refractivity contribution is 9.10. The molecule has 6 nitrogen and oxygen atoms in total. The zero-order valence-electron chi connectivity index (χ0n) is 21.2. The minimum Gasteiger partial charge on any atom is -0.379 e. The second-order valence-electron chi connectivity index (χ2n) is 9.72. The minimum absolute atomic E-state index is 0.00664. The Hall–Kier alpha value is -2.26. The van der Waals surface area contributed by atoms with E-state index in [1.807, 2.05) is 18.3 Å². The number of ether oxygens (including phenoxy) is 1. The summed E-state index contributed by atoms with van der Waals surface area (Å²) in [6.45, 7) is 12.5. The number of nitrogens with one attached hydrogen (secondary N) is 1. The quantitative estimate of drug-likeness (QED) is 0.382. The number of hydrogen-bond donors (Lipinski definition) is 1. The van der Waals surface area contributed by atoms with E-state index in [9.17, 15) is 0 Å². The van der Waals surface area contributed by atoms with Crippen LogP contribution in [-0.4, -0.2) is 52.4 Å². The molecule has 0 radical (unpaired) electrons. The van der Waals surface area contributed by atoms with Crippen molar-refractivity contribution in [1.82, 2.24) is 19.8 Å². The summed E-state index contributed by atoms with van der Waals surface area (Å²) in [4.78, 5) is 9.49. The summed E-state index contributed by atoms with van der Waals surface area (Å²) in [6, 6.07) is 14.9. The molecule has 2 aliphatic rings. The van der Waals surface area contributed by atoms with Crippen molar-refractivity contribution in [1.29, 1.82) is 0 Å². The lowest BCUT2D eigenvalue weighted by Crippen LogP contribution is -2.37. The first-order valence-electron chi connectivity index (χ1n) is 12.7. The number of aromatic nitrogens is 2. The van der Waals surface area contributed by atoms with E-state index in [0.29, 0.717) is 0 Å². The number of pyridine rings is 1. The lowest BCUT2D eigenvalue weighted by atomic mass is 9.96. The van der Waals surface area contributed by atoms with Crippen molar-refractivity contribution in [3.05, 3.63) is 81.3 Å². The number of nitrogens with zero attached hydrogens (tertiary/aromatic N) is 4. The van der Waals surface area contributed by atoms with E-state index in [2.05, 4.69) is 86.7 Å². The second kappa shape index (κ2) is 11.0. The third kappa shape index (κ3) is 5.09. The second-order valence-corrected chi connectivity index (χ2v) is 11.0. The van der Waals surface area contributed by atoms with Gasteiger partial charge in [0.05, 0.1) is 31.0 Å². The number of morpholine rings is 1. The lowest BCUT2D eigenvalue weighted by Gasteiger charge is -2.29. The maximum atomic E-state index is 5.93. The Bertz CT molecular complexity index is 1220. The molecule has 0 saturated carbocycles. The van der Waals surface area contributed by atoms with Gasteiger partial charge >= 0.3 is 0 Å². The fourth-order valence-electron chi connectivity index (χ4n) is 5.48. The molecule has 1 aromatic carbocycles. The van der Waals surface area contributed by atoms with Gasteiger partial charge < -0.3 is 19.5 Å². The Labute approximate surface area is 227 Å². The first-order chi connectivity index (χ1) is 17.4. The summed E-state index contributed by atoms with van der Waals surface area (Å²) in [5, 5.41) is 4.33. The molecule has 36 heavy (non-hydrogen) atoms. The molecule has 8 heteroatoms. The van der Waals surface area contributed by atoms with E-state index in [-0.39, 0.29) is 12.1 Å². The Kier molecular flexibility index (Phi) is 7.76. The normalized spacial score (nSPS) is 20.7. The zero-order valence-corrected chi connectivity index (χ0v) is 23.6. The van der Waals surface area contributed by atoms with E-state index in [4.69, 9.17) is 21.9 Å². The van der Waals surface area contributed by atoms with Crippen molar-refractivity contribution < 1.29 is 4.74 Å². The van der Waals surface area contributed by atoms with Crippen LogP contribution in [0.25, 0.3) is 0 Å². The van der Waals surface area contributed by atoms with Crippen LogP contribution in [0.3, 0.4) is 0 Å². The number of hydrogen-bond acceptors (Lipinski definition) is 4. The molecule has 190 valence electrons. The highest BCUT2D eigenvalue weighted by atomic mass is 79.9. The van der Waals surface area contributed by atoms with Gasteiger partial charge in [-0.1, -0.05) is 22.0 Å². The van der Waals surface area contributed by atoms with E-state index < -0.39 is 0 Å². The van der Waals surface area contributed by atoms with Crippen molar-refractivity contribution in [2.24, 2.45) is 0 Å². The zero-order chi connectivity index (χ0) is 25.2. The van der Waals surface area contributed by atoms with Gasteiger partial charge in [0.15, 0.2) is 5.11 Å². The van der Waals surface area contributed by atoms with Crippen LogP contribution < -0.4 is 10.2 Å². The third-order valence-corrected chi connectivity index (χ3v) is 8.61. The molecule has 2 saturated heterocycles. The van der Waals surface area contributed by atoms with E-state index in [0.717, 1.165) is 66.8 Å². The van der Waals surface area contributed by atoms with E-state index >= 15 is 0 Å². The fraction of sp³-hybridized carbons (Fsp3) is 0.429. The number of benzene rings is 1. The van der Waals surface area contributed by atoms with Gasteiger partial charge in [-0.3, -0.25) is 9.88 Å². The van der Waals surface area contributed by atoms with Crippen LogP contribution in [0.15, 0.2) is 53.1 Å². The lowest BCUT2D eigenvalue weighted by molar-refractivity contribution is 0.0369. The average molecular weight is 569 g/mol. The molecule has 2 unspecified atom stereocenters. The summed E-state index contributed by atoms with van der Waals surface area (Å²) in [5.74, 6) is 0. The van der Waals surface area contributed by atoms with Gasteiger partial charge in [-0.25, -0.2) is 0 Å². The van der Waals surface area contributed by atoms with Crippen LogP contribution in [0.1, 0.15) is 46.7 Å². The standard InChI is InChI=1S/C28H34BrN5OS/c1-19-17-22(8-9-24(19)29)34-27(26(31-28(34)36)25-7-4-5-10-30-25)23-18-20(2)33(21(23)3)12-6-11-32-13-15-35-16-14-32/h4-5,7-10,17-18,26-27H,6,11-16H2,1-3H3,(H,31,36). The molecule has 0 spiro atoms. The number of anilines is 1. The molecule has 1 N–H and O–H groups in total. The van der Waals surface area contributed by atoms with Crippen LogP contribution >= 0.6 is 28.1 Å². The van der Waals surface area contributed by atoms with Crippen molar-refractivity contribution >= 4 is 38.9 Å². The molecule has 0 aliphatic carbocycles. The number of halogens is 1. The van der Waals surface area contributed by atoms with Crippen molar-refractivity contribution in [2.75, 3.05) is 37.7 Å². The Morgan fingerprint density at radius 3 is 2.61 bits per heavy atom. The summed E-state index contributed by atoms with van der Waals surface area (Å²) < 4.78 is 9.07. The maximum absolute atomic E-state index is 5.93. The van der Waals surface area contributed by atoms with Crippen molar-refractivity contribution in [2.45, 2.75) is 45.8 Å². The minimum atomic E-state index is -0.0371. The molecule has 5 rings (SSSR count). The van der Waals surface area contributed by atoms with Crippen LogP contribution in [0.5, 0.6) is 0 Å². The number of rotatable bonds is 7. The van der Waals surface area contributed by atoms with Gasteiger partial charge in [-0.2, -0.15) is 0 Å². The molecule has 4 heterocycles. The first kappa shape index (κ1) is 25.4. The third-order valence-electron chi connectivity index (χ3n) is 7.41. The fourth-order valence-corrected chi connectivity index (χ4v) is 6.07. The first-order valence-corrected chi connectivity index (χ1v) is 13.9. The smallest absolute Gasteiger partial charge is 0.174 e. The van der Waals surface area contributed by atoms with Crippen molar-refractivity contribution in [3.8, 4) is 0 Å². The van der Waals surface area contributed by atoms with Gasteiger partial charge in [0, 0.05) is 53.9 Å². The Balaban J connectivity index is 1.48. The van der Waals surface area contributed by atoms with Crippen molar-refractivity contribution in [3.63, 3.8) is 0 Å². The van der Waals surface area contributed by atoms with Gasteiger partial charge in [-0.05, 0) is 86.9 Å². The average Bonchev–Trinajstić information content (AvgIpc) is 3.37. The number of aryl methyl sites for hydroxylation is 2. The summed E-state index contributed by atoms with van der Waals surface area (Å²) >= 11 is 9.58. The predicted octanol–water partition coefficient (Wildman–Crippen LogP) is 5.47. The highest BCUT2D eigenvalue weighted by Gasteiger charge is 2.42. The highest BCUT2D eigenvalue weighted by Crippen LogP contribution is 2.43. The van der Waals surface area contributed by atoms with E-state index in [1.165, 1.54) is 22.5 Å². The Morgan fingerprint density at radius 2 is 1.89 bits per heavy atom. The monoisotopic (exact) mass is 567 g/mol. The summed E-state index contributed by atoms with van der Waals surface area (Å²) in [5.41, 5.74) is 7.15. The summed E-state index contributed by atoms with van der Waals surface area (Å²) in [7, 11) is 0. The molecule has 3 aromatic rings. The largest absolute Gasteiger partial charge is 0.379 e. The van der Waals surface area contributed by atoms with Gasteiger partial charge in [0.2, 0.25) is 0 Å². The predicted molar refractivity (Wildman–Crippen MR) is 153 cm³/mol. The SMILES string of the molecule is Cc1cc(N2C(=S)NC(c3ccccn3)C2c2cc(C)n(CCCN3CCOCC3)c2C)ccc1Br. The van der Waals surface area contributed by atoms with Gasteiger partial charge in [0.25, 0.3) is 0 Å². The molecular formula is C28H34BrN5OS.